The minimum Gasteiger partial charge on any atom is -0.496 e. The Morgan fingerprint density at radius 2 is 2.03 bits per heavy atom. The van der Waals surface area contributed by atoms with Crippen molar-refractivity contribution in [2.75, 3.05) is 24.3 Å². The third kappa shape index (κ3) is 4.74. The molecule has 3 aromatic rings. The maximum Gasteiger partial charge on any atom is 0.269 e. The Morgan fingerprint density at radius 1 is 1.28 bits per heavy atom. The number of nitrogen functional groups attached to an aromatic ring is 1. The van der Waals surface area contributed by atoms with Crippen LogP contribution in [0.4, 0.5) is 11.8 Å². The predicted molar refractivity (Wildman–Crippen MR) is 137 cm³/mol. The Morgan fingerprint density at radius 3 is 2.72 bits per heavy atom. The van der Waals surface area contributed by atoms with Gasteiger partial charge >= 0.3 is 0 Å². The summed E-state index contributed by atoms with van der Waals surface area (Å²) >= 11 is 6.41. The molecule has 0 atom stereocenters. The van der Waals surface area contributed by atoms with Crippen molar-refractivity contribution in [2.45, 2.75) is 34.2 Å². The first-order chi connectivity index (χ1) is 17.1. The molecule has 11 nitrogen and oxygen atoms in total. The molecule has 0 fully saturated rings. The van der Waals surface area contributed by atoms with Crippen molar-refractivity contribution in [2.24, 2.45) is 5.92 Å². The monoisotopic (exact) mass is 510 g/mol. The highest BCUT2D eigenvalue weighted by molar-refractivity contribution is 6.41. The molecule has 0 unspecified atom stereocenters. The van der Waals surface area contributed by atoms with Gasteiger partial charge in [0.25, 0.3) is 11.8 Å². The topological polar surface area (TPSA) is 152 Å². The molecule has 36 heavy (non-hydrogen) atoms. The lowest BCUT2D eigenvalue weighted by atomic mass is 10.1. The number of carbonyl (C=O) groups excluding carboxylic acids is 2. The van der Waals surface area contributed by atoms with E-state index < -0.39 is 0 Å². The van der Waals surface area contributed by atoms with Gasteiger partial charge < -0.3 is 20.8 Å². The van der Waals surface area contributed by atoms with Crippen LogP contribution in [0.5, 0.6) is 5.75 Å². The fourth-order valence-electron chi connectivity index (χ4n) is 3.93. The second-order valence-corrected chi connectivity index (χ2v) is 9.21. The van der Waals surface area contributed by atoms with Gasteiger partial charge in [0.1, 0.15) is 22.4 Å². The smallest absolute Gasteiger partial charge is 0.269 e. The van der Waals surface area contributed by atoms with Crippen LogP contribution >= 0.6 is 11.6 Å². The van der Waals surface area contributed by atoms with Gasteiger partial charge in [0.15, 0.2) is 5.82 Å². The van der Waals surface area contributed by atoms with Gasteiger partial charge in [-0.25, -0.2) is 9.97 Å². The fraction of sp³-hybridized carbons (Fsp3) is 0.333. The molecular weight excluding hydrogens is 484 g/mol. The summed E-state index contributed by atoms with van der Waals surface area (Å²) in [6.07, 6.45) is 4.62. The number of aromatic amines is 1. The molecule has 188 valence electrons. The van der Waals surface area contributed by atoms with Crippen LogP contribution in [-0.2, 0) is 11.3 Å². The standard InChI is InChI=1S/C24H27ClN8O3/c1-11(2)7-29-22(34)15-9-28-17(30-15)6-14-18-20(25)31-24(26)32-21(18)33(23(14)35)10-16-13(4)19(36-5)12(3)8-27-16/h6,8-9,11H,7,10H2,1-5H3,(H,28,30)(H,29,34)(H2,26,31,32)/b14-6-. The zero-order chi connectivity index (χ0) is 26.1. The van der Waals surface area contributed by atoms with Crippen molar-refractivity contribution < 1.29 is 14.3 Å². The predicted octanol–water partition coefficient (Wildman–Crippen LogP) is 2.93. The van der Waals surface area contributed by atoms with E-state index in [0.29, 0.717) is 35.3 Å². The van der Waals surface area contributed by atoms with E-state index in [1.807, 2.05) is 27.7 Å². The molecule has 0 spiro atoms. The molecular formula is C24H27ClN8O3. The van der Waals surface area contributed by atoms with Gasteiger partial charge in [-0.15, -0.1) is 0 Å². The summed E-state index contributed by atoms with van der Waals surface area (Å²) in [5.74, 6) is 0.844. The highest BCUT2D eigenvalue weighted by atomic mass is 35.5. The second-order valence-electron chi connectivity index (χ2n) is 8.85. The highest BCUT2D eigenvalue weighted by Crippen LogP contribution is 2.41. The molecule has 0 radical (unpaired) electrons. The maximum absolute atomic E-state index is 13.6. The van der Waals surface area contributed by atoms with E-state index in [-0.39, 0.29) is 46.5 Å². The first kappa shape index (κ1) is 25.1. The molecule has 0 saturated heterocycles. The van der Waals surface area contributed by atoms with Gasteiger partial charge in [-0.05, 0) is 25.8 Å². The Bertz CT molecular complexity index is 1380. The first-order valence-electron chi connectivity index (χ1n) is 11.3. The molecule has 1 aliphatic heterocycles. The van der Waals surface area contributed by atoms with Gasteiger partial charge in [0.05, 0.1) is 36.7 Å². The number of anilines is 2. The number of carbonyl (C=O) groups is 2. The average Bonchev–Trinajstić information content (AvgIpc) is 3.38. The van der Waals surface area contributed by atoms with E-state index in [2.05, 4.69) is 30.2 Å². The van der Waals surface area contributed by atoms with E-state index in [1.165, 1.54) is 17.2 Å². The molecule has 0 saturated carbocycles. The number of H-pyrrole nitrogens is 1. The third-order valence-electron chi connectivity index (χ3n) is 5.71. The number of hydrogen-bond donors (Lipinski definition) is 3. The lowest BCUT2D eigenvalue weighted by Gasteiger charge is -2.19. The van der Waals surface area contributed by atoms with E-state index in [9.17, 15) is 9.59 Å². The minimum atomic E-state index is -0.380. The van der Waals surface area contributed by atoms with Crippen LogP contribution in [0.2, 0.25) is 5.15 Å². The van der Waals surface area contributed by atoms with Crippen molar-refractivity contribution in [3.63, 3.8) is 0 Å². The molecule has 0 aliphatic carbocycles. The normalized spacial score (nSPS) is 14.0. The number of imidazole rings is 1. The molecule has 4 rings (SSSR count). The Balaban J connectivity index is 1.72. The van der Waals surface area contributed by atoms with Crippen LogP contribution in [-0.4, -0.2) is 50.4 Å². The Labute approximate surface area is 213 Å². The number of nitrogens with two attached hydrogens (primary N) is 1. The molecule has 0 aromatic carbocycles. The van der Waals surface area contributed by atoms with Crippen molar-refractivity contribution in [1.29, 1.82) is 0 Å². The number of amides is 2. The highest BCUT2D eigenvalue weighted by Gasteiger charge is 2.37. The summed E-state index contributed by atoms with van der Waals surface area (Å²) in [5.41, 5.74) is 8.99. The zero-order valence-electron chi connectivity index (χ0n) is 20.6. The molecule has 4 N–H and O–H groups in total. The number of methoxy groups -OCH3 is 1. The van der Waals surface area contributed by atoms with Gasteiger partial charge in [-0.2, -0.15) is 4.98 Å². The van der Waals surface area contributed by atoms with Crippen LogP contribution in [0.15, 0.2) is 12.4 Å². The molecule has 4 heterocycles. The summed E-state index contributed by atoms with van der Waals surface area (Å²) in [5, 5.41) is 2.85. The van der Waals surface area contributed by atoms with Crippen LogP contribution in [0, 0.1) is 19.8 Å². The SMILES string of the molecule is COc1c(C)cnc(CN2C(=O)/C(=C\c3ncc(C(=O)NCC(C)C)[nH]3)c3c(Cl)nc(N)nc32)c1C. The number of fused-ring (bicyclic) bond motifs is 1. The van der Waals surface area contributed by atoms with Crippen molar-refractivity contribution >= 4 is 46.8 Å². The summed E-state index contributed by atoms with van der Waals surface area (Å²) in [7, 11) is 1.59. The number of pyridine rings is 1. The van der Waals surface area contributed by atoms with Gasteiger partial charge in [0.2, 0.25) is 5.95 Å². The van der Waals surface area contributed by atoms with Crippen molar-refractivity contribution in [3.8, 4) is 5.75 Å². The lowest BCUT2D eigenvalue weighted by Crippen LogP contribution is -2.27. The van der Waals surface area contributed by atoms with Crippen LogP contribution < -0.4 is 20.7 Å². The number of halogens is 1. The summed E-state index contributed by atoms with van der Waals surface area (Å²) in [6, 6.07) is 0. The number of nitrogens with zero attached hydrogens (tertiary/aromatic N) is 5. The number of rotatable bonds is 7. The van der Waals surface area contributed by atoms with Crippen LogP contribution in [0.25, 0.3) is 11.6 Å². The number of aromatic nitrogens is 5. The molecule has 2 amide bonds. The Hall–Kier alpha value is -3.99. The van der Waals surface area contributed by atoms with Crippen molar-refractivity contribution in [1.82, 2.24) is 30.2 Å². The molecule has 0 bridgehead atoms. The quantitative estimate of drug-likeness (QED) is 0.324. The zero-order valence-corrected chi connectivity index (χ0v) is 21.4. The number of ether oxygens (including phenoxy) is 1. The van der Waals surface area contributed by atoms with Gasteiger partial charge in [-0.3, -0.25) is 19.5 Å². The third-order valence-corrected chi connectivity index (χ3v) is 5.99. The summed E-state index contributed by atoms with van der Waals surface area (Å²) in [4.78, 5) is 47.4. The lowest BCUT2D eigenvalue weighted by molar-refractivity contribution is -0.113. The van der Waals surface area contributed by atoms with Gasteiger partial charge in [0, 0.05) is 23.9 Å². The molecule has 1 aliphatic rings. The second kappa shape index (κ2) is 9.94. The number of hydrogen-bond acceptors (Lipinski definition) is 8. The summed E-state index contributed by atoms with van der Waals surface area (Å²) in [6.45, 7) is 8.41. The van der Waals surface area contributed by atoms with E-state index in [0.717, 1.165) is 11.1 Å². The maximum atomic E-state index is 13.6. The minimum absolute atomic E-state index is 0.0345. The van der Waals surface area contributed by atoms with E-state index in [1.54, 1.807) is 13.3 Å². The van der Waals surface area contributed by atoms with Gasteiger partial charge in [-0.1, -0.05) is 25.4 Å². The molecule has 3 aromatic heterocycles. The molecule has 12 heteroatoms. The first-order valence-corrected chi connectivity index (χ1v) is 11.7. The number of aryl methyl sites for hydroxylation is 1. The number of nitrogens with one attached hydrogen (secondary N) is 2. The fourth-order valence-corrected chi connectivity index (χ4v) is 4.20. The largest absolute Gasteiger partial charge is 0.496 e. The van der Waals surface area contributed by atoms with Crippen LogP contribution in [0.3, 0.4) is 0 Å². The average molecular weight is 511 g/mol. The summed E-state index contributed by atoms with van der Waals surface area (Å²) < 4.78 is 5.50. The van der Waals surface area contributed by atoms with Crippen LogP contribution in [0.1, 0.15) is 52.5 Å². The van der Waals surface area contributed by atoms with E-state index >= 15 is 0 Å². The Kier molecular flexibility index (Phi) is 6.93. The van der Waals surface area contributed by atoms with E-state index in [4.69, 9.17) is 22.1 Å². The van der Waals surface area contributed by atoms with Crippen molar-refractivity contribution in [3.05, 3.63) is 51.4 Å².